The van der Waals surface area contributed by atoms with Gasteiger partial charge in [0.1, 0.15) is 0 Å². The zero-order chi connectivity index (χ0) is 19.4. The molecule has 1 heterocycles. The number of nitrogens with zero attached hydrogens (tertiary/aromatic N) is 4. The number of nitrogens with one attached hydrogen (secondary N) is 1. The van der Waals surface area contributed by atoms with Gasteiger partial charge < -0.3 is 0 Å². The number of carbonyl (C=O) groups excluding carboxylic acids is 1. The summed E-state index contributed by atoms with van der Waals surface area (Å²) in [7, 11) is 0. The number of rotatable bonds is 6. The molecule has 0 bridgehead atoms. The Kier molecular flexibility index (Phi) is 5.13. The third-order valence-corrected chi connectivity index (χ3v) is 4.46. The average molecular weight is 385 g/mol. The summed E-state index contributed by atoms with van der Waals surface area (Å²) < 4.78 is 5.20. The Morgan fingerprint density at radius 1 is 1.19 bits per heavy atom. The van der Waals surface area contributed by atoms with Gasteiger partial charge in [0.2, 0.25) is 5.91 Å². The summed E-state index contributed by atoms with van der Waals surface area (Å²) in [5.74, 6) is -0.438. The maximum Gasteiger partial charge on any atom is 0.285 e. The summed E-state index contributed by atoms with van der Waals surface area (Å²) in [6.07, 6.45) is 1.07. The first-order valence-corrected chi connectivity index (χ1v) is 8.31. The minimum atomic E-state index is -0.752. The molecular weight excluding hydrogens is 374 g/mol. The van der Waals surface area contributed by atoms with Crippen molar-refractivity contribution in [3.63, 3.8) is 0 Å². The largest absolute Gasteiger partial charge is 0.285 e. The van der Waals surface area contributed by atoms with Crippen LogP contribution in [0.15, 0.2) is 47.6 Å². The summed E-state index contributed by atoms with van der Waals surface area (Å²) in [5.41, 5.74) is 2.04. The molecule has 136 valence electrons. The lowest BCUT2D eigenvalue weighted by Gasteiger charge is -1.99. The molecule has 0 aliphatic carbocycles. The summed E-state index contributed by atoms with van der Waals surface area (Å²) in [6.45, 7) is 0. The number of hydrazone groups is 1. The Bertz CT molecular complexity index is 1080. The minimum absolute atomic E-state index is 0.00368. The number of hydrogen-bond acceptors (Lipinski definition) is 8. The molecule has 27 heavy (non-hydrogen) atoms. The number of nitro groups is 2. The molecule has 3 aromatic rings. The third kappa shape index (κ3) is 4.10. The van der Waals surface area contributed by atoms with E-state index in [2.05, 4.69) is 14.9 Å². The van der Waals surface area contributed by atoms with Crippen LogP contribution in [0.2, 0.25) is 0 Å². The van der Waals surface area contributed by atoms with Gasteiger partial charge in [0.15, 0.2) is 0 Å². The number of nitro benzene ring substituents is 2. The first kappa shape index (κ1) is 18.1. The molecule has 1 N–H and O–H groups in total. The second kappa shape index (κ2) is 7.66. The van der Waals surface area contributed by atoms with E-state index in [-0.39, 0.29) is 12.0 Å². The fourth-order valence-corrected chi connectivity index (χ4v) is 3.14. The van der Waals surface area contributed by atoms with E-state index in [4.69, 9.17) is 0 Å². The lowest BCUT2D eigenvalue weighted by molar-refractivity contribution is -0.394. The number of fused-ring (bicyclic) bond motifs is 1. The lowest BCUT2D eigenvalue weighted by atomic mass is 10.2. The smallest absolute Gasteiger partial charge is 0.273 e. The minimum Gasteiger partial charge on any atom is -0.273 e. The SMILES string of the molecule is O=C(Cc1nsc2ccccc12)N/N=C/c1ccc([N+](=O)[O-])cc1[N+](=O)[O-]. The Morgan fingerprint density at radius 3 is 2.70 bits per heavy atom. The van der Waals surface area contributed by atoms with Gasteiger partial charge in [0.05, 0.1) is 44.5 Å². The summed E-state index contributed by atoms with van der Waals surface area (Å²) >= 11 is 1.29. The highest BCUT2D eigenvalue weighted by Crippen LogP contribution is 2.24. The van der Waals surface area contributed by atoms with Crippen molar-refractivity contribution in [1.29, 1.82) is 0 Å². The molecular formula is C16H11N5O5S. The molecule has 0 unspecified atom stereocenters. The van der Waals surface area contributed by atoms with Crippen LogP contribution in [-0.4, -0.2) is 26.3 Å². The fourth-order valence-electron chi connectivity index (χ4n) is 2.34. The van der Waals surface area contributed by atoms with E-state index in [1.54, 1.807) is 0 Å². The van der Waals surface area contributed by atoms with Gasteiger partial charge in [-0.15, -0.1) is 0 Å². The Hall–Kier alpha value is -3.73. The molecule has 1 aromatic heterocycles. The van der Waals surface area contributed by atoms with Gasteiger partial charge in [-0.3, -0.25) is 25.0 Å². The molecule has 0 spiro atoms. The number of carbonyl (C=O) groups is 1. The average Bonchev–Trinajstić information content (AvgIpc) is 3.04. The predicted molar refractivity (Wildman–Crippen MR) is 98.8 cm³/mol. The summed E-state index contributed by atoms with van der Waals surface area (Å²) in [5, 5.41) is 26.4. The number of non-ortho nitro benzene ring substituents is 1. The van der Waals surface area contributed by atoms with Crippen LogP contribution in [0.25, 0.3) is 10.1 Å². The highest BCUT2D eigenvalue weighted by Gasteiger charge is 2.18. The first-order chi connectivity index (χ1) is 13.0. The van der Waals surface area contributed by atoms with Crippen LogP contribution in [0, 0.1) is 20.2 Å². The summed E-state index contributed by atoms with van der Waals surface area (Å²) in [6, 6.07) is 10.7. The van der Waals surface area contributed by atoms with Gasteiger partial charge in [0.25, 0.3) is 11.4 Å². The van der Waals surface area contributed by atoms with Crippen molar-refractivity contribution in [1.82, 2.24) is 9.80 Å². The van der Waals surface area contributed by atoms with Crippen LogP contribution in [0.4, 0.5) is 11.4 Å². The van der Waals surface area contributed by atoms with Gasteiger partial charge in [-0.1, -0.05) is 18.2 Å². The number of hydrogen-bond donors (Lipinski definition) is 1. The number of aromatic nitrogens is 1. The van der Waals surface area contributed by atoms with Gasteiger partial charge >= 0.3 is 0 Å². The standard InChI is InChI=1S/C16H11N5O5S/c22-16(8-13-12-3-1-2-4-15(12)27-19-13)18-17-9-10-5-6-11(20(23)24)7-14(10)21(25)26/h1-7,9H,8H2,(H,18,22)/b17-9+. The van der Waals surface area contributed by atoms with E-state index in [9.17, 15) is 25.0 Å². The molecule has 0 saturated carbocycles. The van der Waals surface area contributed by atoms with Crippen molar-refractivity contribution in [2.45, 2.75) is 6.42 Å². The molecule has 11 heteroatoms. The van der Waals surface area contributed by atoms with Crippen molar-refractivity contribution >= 4 is 45.1 Å². The predicted octanol–water partition coefficient (Wildman–Crippen LogP) is 2.81. The van der Waals surface area contributed by atoms with Crippen molar-refractivity contribution in [3.05, 3.63) is 74.0 Å². The van der Waals surface area contributed by atoms with Crippen LogP contribution >= 0.6 is 11.5 Å². The van der Waals surface area contributed by atoms with Gasteiger partial charge in [-0.25, -0.2) is 5.43 Å². The van der Waals surface area contributed by atoms with E-state index >= 15 is 0 Å². The van der Waals surface area contributed by atoms with Crippen LogP contribution < -0.4 is 5.43 Å². The van der Waals surface area contributed by atoms with Crippen LogP contribution in [0.3, 0.4) is 0 Å². The van der Waals surface area contributed by atoms with E-state index in [0.717, 1.165) is 28.4 Å². The maximum absolute atomic E-state index is 12.0. The molecule has 0 atom stereocenters. The van der Waals surface area contributed by atoms with Gasteiger partial charge in [0, 0.05) is 11.5 Å². The zero-order valence-electron chi connectivity index (χ0n) is 13.6. The second-order valence-electron chi connectivity index (χ2n) is 5.35. The highest BCUT2D eigenvalue weighted by molar-refractivity contribution is 7.13. The Balaban J connectivity index is 1.70. The van der Waals surface area contributed by atoms with E-state index in [0.29, 0.717) is 5.69 Å². The molecule has 10 nitrogen and oxygen atoms in total. The number of benzene rings is 2. The fraction of sp³-hybridized carbons (Fsp3) is 0.0625. The molecule has 2 aromatic carbocycles. The molecule has 1 amide bonds. The molecule has 0 fully saturated rings. The first-order valence-electron chi connectivity index (χ1n) is 7.53. The third-order valence-electron chi connectivity index (χ3n) is 3.59. The van der Waals surface area contributed by atoms with Gasteiger partial charge in [-0.2, -0.15) is 9.47 Å². The van der Waals surface area contributed by atoms with Crippen molar-refractivity contribution in [2.24, 2.45) is 5.10 Å². The van der Waals surface area contributed by atoms with E-state index in [1.165, 1.54) is 17.6 Å². The van der Waals surface area contributed by atoms with E-state index in [1.807, 2.05) is 24.3 Å². The van der Waals surface area contributed by atoms with Crippen LogP contribution in [0.5, 0.6) is 0 Å². The maximum atomic E-state index is 12.0. The molecule has 0 aliphatic rings. The van der Waals surface area contributed by atoms with E-state index < -0.39 is 27.1 Å². The topological polar surface area (TPSA) is 141 Å². The highest BCUT2D eigenvalue weighted by atomic mass is 32.1. The Labute approximate surface area is 155 Å². The molecule has 0 aliphatic heterocycles. The van der Waals surface area contributed by atoms with Gasteiger partial charge in [-0.05, 0) is 23.7 Å². The normalized spacial score (nSPS) is 11.0. The lowest BCUT2D eigenvalue weighted by Crippen LogP contribution is -2.20. The Morgan fingerprint density at radius 2 is 1.96 bits per heavy atom. The molecule has 3 rings (SSSR count). The quantitative estimate of drug-likeness (QED) is 0.393. The summed E-state index contributed by atoms with van der Waals surface area (Å²) in [4.78, 5) is 32.3. The number of amides is 1. The monoisotopic (exact) mass is 385 g/mol. The van der Waals surface area contributed by atoms with Crippen molar-refractivity contribution in [2.75, 3.05) is 0 Å². The second-order valence-corrected chi connectivity index (χ2v) is 6.16. The van der Waals surface area contributed by atoms with Crippen LogP contribution in [-0.2, 0) is 11.2 Å². The zero-order valence-corrected chi connectivity index (χ0v) is 14.4. The molecule has 0 saturated heterocycles. The van der Waals surface area contributed by atoms with Crippen LogP contribution in [0.1, 0.15) is 11.3 Å². The van der Waals surface area contributed by atoms with Crippen molar-refractivity contribution < 1.29 is 14.6 Å². The molecule has 0 radical (unpaired) electrons. The van der Waals surface area contributed by atoms with Crippen molar-refractivity contribution in [3.8, 4) is 0 Å².